The van der Waals surface area contributed by atoms with Crippen molar-refractivity contribution in [2.24, 2.45) is 0 Å². The van der Waals surface area contributed by atoms with E-state index in [4.69, 9.17) is 4.98 Å². The Bertz CT molecular complexity index is 3230. The highest BCUT2D eigenvalue weighted by molar-refractivity contribution is 6.24. The second-order valence-electron chi connectivity index (χ2n) is 14.0. The van der Waals surface area contributed by atoms with Crippen LogP contribution in [0.15, 0.2) is 182 Å². The van der Waals surface area contributed by atoms with Crippen LogP contribution in [0.4, 0.5) is 0 Å². The first-order valence-corrected chi connectivity index (χ1v) is 18.1. The summed E-state index contributed by atoms with van der Waals surface area (Å²) in [5.74, 6) is 0. The van der Waals surface area contributed by atoms with Crippen molar-refractivity contribution in [2.75, 3.05) is 0 Å². The molecule has 53 heavy (non-hydrogen) atoms. The van der Waals surface area contributed by atoms with Crippen LogP contribution in [0.5, 0.6) is 0 Å². The number of hydrogen-bond acceptors (Lipinski definition) is 1. The fourth-order valence-electron chi connectivity index (χ4n) is 8.94. The van der Waals surface area contributed by atoms with Gasteiger partial charge in [-0.1, -0.05) is 115 Å². The Morgan fingerprint density at radius 1 is 0.340 bits per heavy atom. The maximum Gasteiger partial charge on any atom is 0.137 e. The van der Waals surface area contributed by atoms with Gasteiger partial charge in [0.1, 0.15) is 5.65 Å². The number of pyridine rings is 1. The molecule has 0 aliphatic rings. The van der Waals surface area contributed by atoms with Crippen LogP contribution in [0, 0.1) is 0 Å². The number of imidazole rings is 1. The average molecular weight is 675 g/mol. The third-order valence-corrected chi connectivity index (χ3v) is 11.2. The van der Waals surface area contributed by atoms with Gasteiger partial charge in [0.25, 0.3) is 0 Å². The summed E-state index contributed by atoms with van der Waals surface area (Å²) in [6.07, 6.45) is 2.12. The Labute approximate surface area is 304 Å². The topological polar surface area (TPSA) is 27.2 Å². The molecule has 12 rings (SSSR count). The van der Waals surface area contributed by atoms with E-state index < -0.39 is 0 Å². The molecule has 0 atom stereocenters. The Morgan fingerprint density at radius 2 is 0.830 bits per heavy atom. The standard InChI is InChI=1S/C49H30N4/c1-2-18-40-35(13-1)42-29-31(24-25-41(42)49-48(40)50-47-23-11-12-26-51(47)49)32-27-33(52-43-19-7-3-14-36(43)37-15-4-8-20-44(37)52)30-34(28-32)53-45-21-9-5-16-38(45)39-17-6-10-22-46(39)53/h1-30H. The molecule has 0 unspecified atom stereocenters. The van der Waals surface area contributed by atoms with Gasteiger partial charge in [-0.05, 0) is 82.6 Å². The van der Waals surface area contributed by atoms with E-state index in [0.717, 1.165) is 33.6 Å². The largest absolute Gasteiger partial charge is 0.309 e. The third kappa shape index (κ3) is 3.98. The highest BCUT2D eigenvalue weighted by Gasteiger charge is 2.19. The van der Waals surface area contributed by atoms with Crippen LogP contribution < -0.4 is 0 Å². The second kappa shape index (κ2) is 10.7. The molecule has 0 radical (unpaired) electrons. The molecule has 0 aliphatic carbocycles. The van der Waals surface area contributed by atoms with Crippen LogP contribution in [0.3, 0.4) is 0 Å². The van der Waals surface area contributed by atoms with Gasteiger partial charge in [-0.25, -0.2) is 4.98 Å². The maximum absolute atomic E-state index is 5.11. The number of rotatable bonds is 3. The number of benzene rings is 8. The van der Waals surface area contributed by atoms with Gasteiger partial charge in [0, 0.05) is 49.9 Å². The zero-order valence-corrected chi connectivity index (χ0v) is 28.6. The molecule has 0 fully saturated rings. The van der Waals surface area contributed by atoms with E-state index in [-0.39, 0.29) is 0 Å². The van der Waals surface area contributed by atoms with Crippen LogP contribution in [-0.2, 0) is 0 Å². The van der Waals surface area contributed by atoms with Crippen molar-refractivity contribution >= 4 is 81.8 Å². The van der Waals surface area contributed by atoms with E-state index in [1.807, 2.05) is 0 Å². The molecule has 4 nitrogen and oxygen atoms in total. The average Bonchev–Trinajstić information content (AvgIpc) is 3.89. The van der Waals surface area contributed by atoms with Crippen LogP contribution in [0.25, 0.3) is 104 Å². The first kappa shape index (κ1) is 28.5. The molecular weight excluding hydrogens is 645 g/mol. The molecule has 0 bridgehead atoms. The zero-order valence-electron chi connectivity index (χ0n) is 28.6. The van der Waals surface area contributed by atoms with E-state index in [9.17, 15) is 0 Å². The summed E-state index contributed by atoms with van der Waals surface area (Å²) in [6, 6.07) is 64.1. The Kier molecular flexibility index (Phi) is 5.74. The van der Waals surface area contributed by atoms with Gasteiger partial charge in [0.05, 0.1) is 33.1 Å². The molecule has 4 heteroatoms. The Balaban J connectivity index is 1.20. The highest BCUT2D eigenvalue weighted by atomic mass is 15.0. The SMILES string of the molecule is c1ccc2c(c1)c1cc(-c3cc(-n4c5ccccc5c5ccccc54)cc(-n4c5ccccc5c5ccccc54)c3)ccc1c1c2nc2ccccn21. The molecule has 0 N–H and O–H groups in total. The van der Waals surface area contributed by atoms with Gasteiger partial charge in [-0.3, -0.25) is 4.40 Å². The summed E-state index contributed by atoms with van der Waals surface area (Å²) >= 11 is 0. The third-order valence-electron chi connectivity index (χ3n) is 11.2. The summed E-state index contributed by atoms with van der Waals surface area (Å²) in [4.78, 5) is 5.11. The molecular formula is C49H30N4. The second-order valence-corrected chi connectivity index (χ2v) is 14.0. The number of hydrogen-bond donors (Lipinski definition) is 0. The van der Waals surface area contributed by atoms with Gasteiger partial charge < -0.3 is 9.13 Å². The Hall–Kier alpha value is -7.17. The van der Waals surface area contributed by atoms with E-state index >= 15 is 0 Å². The first-order chi connectivity index (χ1) is 26.3. The van der Waals surface area contributed by atoms with Crippen molar-refractivity contribution in [2.45, 2.75) is 0 Å². The summed E-state index contributed by atoms with van der Waals surface area (Å²) in [6.45, 7) is 0. The van der Waals surface area contributed by atoms with Crippen LogP contribution in [-0.4, -0.2) is 18.5 Å². The van der Waals surface area contributed by atoms with Crippen molar-refractivity contribution in [1.29, 1.82) is 0 Å². The maximum atomic E-state index is 5.11. The van der Waals surface area contributed by atoms with Gasteiger partial charge in [-0.2, -0.15) is 0 Å². The minimum atomic E-state index is 0.957. The molecule has 4 aromatic heterocycles. The van der Waals surface area contributed by atoms with Crippen molar-refractivity contribution < 1.29 is 0 Å². The minimum absolute atomic E-state index is 0.957. The fraction of sp³-hybridized carbons (Fsp3) is 0. The number of aromatic nitrogens is 4. The van der Waals surface area contributed by atoms with Crippen LogP contribution in [0.2, 0.25) is 0 Å². The fourth-order valence-corrected chi connectivity index (χ4v) is 8.94. The van der Waals surface area contributed by atoms with Crippen molar-refractivity contribution in [1.82, 2.24) is 18.5 Å². The number of para-hydroxylation sites is 4. The molecule has 0 amide bonds. The molecule has 4 heterocycles. The predicted octanol–water partition coefficient (Wildman–Crippen LogP) is 12.7. The smallest absolute Gasteiger partial charge is 0.137 e. The number of fused-ring (bicyclic) bond motifs is 14. The molecule has 0 aliphatic heterocycles. The van der Waals surface area contributed by atoms with Gasteiger partial charge in [-0.15, -0.1) is 0 Å². The molecule has 0 spiro atoms. The van der Waals surface area contributed by atoms with E-state index in [1.165, 1.54) is 70.7 Å². The number of nitrogens with zero attached hydrogens (tertiary/aromatic N) is 4. The lowest BCUT2D eigenvalue weighted by atomic mass is 9.95. The zero-order chi connectivity index (χ0) is 34.6. The molecule has 8 aromatic carbocycles. The quantitative estimate of drug-likeness (QED) is 0.171. The summed E-state index contributed by atoms with van der Waals surface area (Å²) < 4.78 is 7.10. The minimum Gasteiger partial charge on any atom is -0.309 e. The van der Waals surface area contributed by atoms with Gasteiger partial charge >= 0.3 is 0 Å². The van der Waals surface area contributed by atoms with Crippen LogP contribution >= 0.6 is 0 Å². The normalized spacial score (nSPS) is 12.2. The summed E-state index contributed by atoms with van der Waals surface area (Å²) in [7, 11) is 0. The first-order valence-electron chi connectivity index (χ1n) is 18.1. The monoisotopic (exact) mass is 674 g/mol. The van der Waals surface area contributed by atoms with E-state index in [0.29, 0.717) is 0 Å². The highest BCUT2D eigenvalue weighted by Crippen LogP contribution is 2.40. The van der Waals surface area contributed by atoms with Crippen molar-refractivity contribution in [3.8, 4) is 22.5 Å². The molecule has 12 aromatic rings. The van der Waals surface area contributed by atoms with Crippen molar-refractivity contribution in [3.63, 3.8) is 0 Å². The lowest BCUT2D eigenvalue weighted by molar-refractivity contribution is 1.13. The van der Waals surface area contributed by atoms with Crippen LogP contribution in [0.1, 0.15) is 0 Å². The molecule has 0 saturated heterocycles. The Morgan fingerprint density at radius 3 is 1.40 bits per heavy atom. The van der Waals surface area contributed by atoms with Gasteiger partial charge in [0.15, 0.2) is 0 Å². The predicted molar refractivity (Wildman–Crippen MR) is 222 cm³/mol. The molecule has 0 saturated carbocycles. The van der Waals surface area contributed by atoms with E-state index in [2.05, 4.69) is 196 Å². The van der Waals surface area contributed by atoms with Gasteiger partial charge in [0.2, 0.25) is 0 Å². The van der Waals surface area contributed by atoms with Crippen molar-refractivity contribution in [3.05, 3.63) is 182 Å². The van der Waals surface area contributed by atoms with E-state index in [1.54, 1.807) is 0 Å². The lowest BCUT2D eigenvalue weighted by Crippen LogP contribution is -2.00. The molecule has 246 valence electrons. The summed E-state index contributed by atoms with van der Waals surface area (Å²) in [5.41, 5.74) is 12.5. The summed E-state index contributed by atoms with van der Waals surface area (Å²) in [5, 5.41) is 9.80. The lowest BCUT2D eigenvalue weighted by Gasteiger charge is -2.16.